The molecule has 9 nitrogen and oxygen atoms in total. The molecule has 12 heteroatoms. The zero-order valence-corrected chi connectivity index (χ0v) is 18.2. The SMILES string of the molecule is COc1cc(N2CCN(C(=O)Cn3nc(C(F)(F)F)c(C)c3CN=NN)CC2)ccc1C. The number of nitrogens with zero attached hydrogens (tertiary/aromatic N) is 6. The standard InChI is InChI=1S/C20H26F3N7O2/c1-13-4-5-15(10-17(13)32-3)28-6-8-29(9-7-28)18(31)12-30-16(11-25-27-24)14(2)19(26-30)20(21,22)23/h4-5,10H,6-9,11-12H2,1-3H3,(H2,24,25). The van der Waals surface area contributed by atoms with Crippen molar-refractivity contribution in [1.82, 2.24) is 14.7 Å². The highest BCUT2D eigenvalue weighted by molar-refractivity contribution is 5.76. The molecule has 2 N–H and O–H groups in total. The van der Waals surface area contributed by atoms with Crippen LogP contribution >= 0.6 is 0 Å². The van der Waals surface area contributed by atoms with Crippen LogP contribution in [0.2, 0.25) is 0 Å². The summed E-state index contributed by atoms with van der Waals surface area (Å²) in [5.41, 5.74) is 1.06. The molecule has 0 spiro atoms. The van der Waals surface area contributed by atoms with Gasteiger partial charge in [-0.1, -0.05) is 11.3 Å². The number of nitrogens with two attached hydrogens (primary N) is 1. The summed E-state index contributed by atoms with van der Waals surface area (Å²) in [6.07, 6.45) is -4.63. The minimum atomic E-state index is -4.63. The van der Waals surface area contributed by atoms with E-state index in [0.717, 1.165) is 21.7 Å². The van der Waals surface area contributed by atoms with Crippen molar-refractivity contribution in [3.05, 3.63) is 40.7 Å². The number of carbonyl (C=O) groups is 1. The van der Waals surface area contributed by atoms with E-state index in [0.29, 0.717) is 26.2 Å². The van der Waals surface area contributed by atoms with Crippen molar-refractivity contribution in [3.63, 3.8) is 0 Å². The molecule has 1 aromatic heterocycles. The second-order valence-corrected chi connectivity index (χ2v) is 7.51. The summed E-state index contributed by atoms with van der Waals surface area (Å²) in [6.45, 7) is 4.83. The van der Waals surface area contributed by atoms with Crippen LogP contribution in [-0.4, -0.2) is 53.9 Å². The van der Waals surface area contributed by atoms with Crippen molar-refractivity contribution in [3.8, 4) is 5.75 Å². The molecule has 0 radical (unpaired) electrons. The number of carbonyl (C=O) groups excluding carboxylic acids is 1. The Morgan fingerprint density at radius 2 is 1.91 bits per heavy atom. The average molecular weight is 453 g/mol. The normalized spacial score (nSPS) is 14.9. The van der Waals surface area contributed by atoms with E-state index in [1.165, 1.54) is 6.92 Å². The van der Waals surface area contributed by atoms with E-state index in [-0.39, 0.29) is 30.3 Å². The highest BCUT2D eigenvalue weighted by Gasteiger charge is 2.38. The lowest BCUT2D eigenvalue weighted by Crippen LogP contribution is -2.49. The Hall–Kier alpha value is -3.31. The van der Waals surface area contributed by atoms with Crippen LogP contribution in [0, 0.1) is 13.8 Å². The van der Waals surface area contributed by atoms with Crippen molar-refractivity contribution in [2.24, 2.45) is 16.2 Å². The molecular formula is C20H26F3N7O2. The molecule has 32 heavy (non-hydrogen) atoms. The Morgan fingerprint density at radius 3 is 2.50 bits per heavy atom. The van der Waals surface area contributed by atoms with Gasteiger partial charge in [0.15, 0.2) is 5.69 Å². The van der Waals surface area contributed by atoms with Crippen molar-refractivity contribution in [2.45, 2.75) is 33.1 Å². The Morgan fingerprint density at radius 1 is 1.22 bits per heavy atom. The van der Waals surface area contributed by atoms with Crippen LogP contribution in [0.25, 0.3) is 0 Å². The molecule has 2 aromatic rings. The summed E-state index contributed by atoms with van der Waals surface area (Å²) < 4.78 is 46.2. The molecule has 174 valence electrons. The number of anilines is 1. The predicted molar refractivity (Wildman–Crippen MR) is 111 cm³/mol. The number of amides is 1. The predicted octanol–water partition coefficient (Wildman–Crippen LogP) is 2.70. The maximum atomic E-state index is 13.3. The van der Waals surface area contributed by atoms with E-state index in [2.05, 4.69) is 20.3 Å². The first-order chi connectivity index (χ1) is 15.2. The van der Waals surface area contributed by atoms with Crippen molar-refractivity contribution in [1.29, 1.82) is 0 Å². The van der Waals surface area contributed by atoms with Gasteiger partial charge < -0.3 is 20.4 Å². The first kappa shape index (κ1) is 23.4. The lowest BCUT2D eigenvalue weighted by Gasteiger charge is -2.36. The van der Waals surface area contributed by atoms with Gasteiger partial charge in [0.2, 0.25) is 5.91 Å². The fraction of sp³-hybridized carbons (Fsp3) is 0.500. The number of ether oxygens (including phenoxy) is 1. The molecule has 1 aliphatic rings. The van der Waals surface area contributed by atoms with Crippen LogP contribution < -0.4 is 15.5 Å². The van der Waals surface area contributed by atoms with Crippen LogP contribution in [0.1, 0.15) is 22.5 Å². The van der Waals surface area contributed by atoms with Gasteiger partial charge in [0, 0.05) is 43.5 Å². The zero-order valence-electron chi connectivity index (χ0n) is 18.2. The average Bonchev–Trinajstić information content (AvgIpc) is 3.08. The molecule has 1 aromatic carbocycles. The number of aromatic nitrogens is 2. The molecule has 3 rings (SSSR count). The summed E-state index contributed by atoms with van der Waals surface area (Å²) in [4.78, 5) is 16.6. The summed E-state index contributed by atoms with van der Waals surface area (Å²) >= 11 is 0. The van der Waals surface area contributed by atoms with Gasteiger partial charge in [0.25, 0.3) is 0 Å². The van der Waals surface area contributed by atoms with Gasteiger partial charge in [-0.25, -0.2) is 0 Å². The minimum Gasteiger partial charge on any atom is -0.496 e. The number of alkyl halides is 3. The van der Waals surface area contributed by atoms with Crippen molar-refractivity contribution in [2.75, 3.05) is 38.2 Å². The van der Waals surface area contributed by atoms with Crippen molar-refractivity contribution >= 4 is 11.6 Å². The van der Waals surface area contributed by atoms with Gasteiger partial charge in [-0.3, -0.25) is 9.48 Å². The highest BCUT2D eigenvalue weighted by atomic mass is 19.4. The van der Waals surface area contributed by atoms with Crippen LogP contribution in [0.3, 0.4) is 0 Å². The maximum absolute atomic E-state index is 13.3. The zero-order chi connectivity index (χ0) is 23.5. The lowest BCUT2D eigenvalue weighted by molar-refractivity contribution is -0.142. The van der Waals surface area contributed by atoms with E-state index in [1.54, 1.807) is 12.0 Å². The number of methoxy groups -OCH3 is 1. The van der Waals surface area contributed by atoms with Crippen LogP contribution in [0.4, 0.5) is 18.9 Å². The molecule has 2 heterocycles. The van der Waals surface area contributed by atoms with Gasteiger partial charge in [0.05, 0.1) is 12.8 Å². The van der Waals surface area contributed by atoms with E-state index < -0.39 is 11.9 Å². The number of hydrogen-bond donors (Lipinski definition) is 1. The number of benzene rings is 1. The Labute approximate surface area is 183 Å². The van der Waals surface area contributed by atoms with Crippen LogP contribution in [0.15, 0.2) is 28.5 Å². The summed E-state index contributed by atoms with van der Waals surface area (Å²) in [7, 11) is 1.62. The van der Waals surface area contributed by atoms with Gasteiger partial charge in [-0.2, -0.15) is 23.4 Å². The van der Waals surface area contributed by atoms with E-state index in [9.17, 15) is 18.0 Å². The number of hydrogen-bond acceptors (Lipinski definition) is 6. The largest absolute Gasteiger partial charge is 0.496 e. The fourth-order valence-electron chi connectivity index (χ4n) is 3.74. The number of piperazine rings is 1. The molecule has 0 atom stereocenters. The molecule has 1 fully saturated rings. The topological polar surface area (TPSA) is 101 Å². The maximum Gasteiger partial charge on any atom is 0.435 e. The fourth-order valence-corrected chi connectivity index (χ4v) is 3.74. The third-order valence-corrected chi connectivity index (χ3v) is 5.57. The summed E-state index contributed by atoms with van der Waals surface area (Å²) in [5.74, 6) is 5.47. The quantitative estimate of drug-likeness (QED) is 0.412. The first-order valence-corrected chi connectivity index (χ1v) is 10.0. The van der Waals surface area contributed by atoms with Gasteiger partial charge >= 0.3 is 6.18 Å². The lowest BCUT2D eigenvalue weighted by atomic mass is 10.1. The van der Waals surface area contributed by atoms with Crippen LogP contribution in [-0.2, 0) is 24.1 Å². The molecule has 1 saturated heterocycles. The summed E-state index contributed by atoms with van der Waals surface area (Å²) in [5, 5.41) is 10.3. The summed E-state index contributed by atoms with van der Waals surface area (Å²) in [6, 6.07) is 5.93. The number of halogens is 3. The third-order valence-electron chi connectivity index (χ3n) is 5.57. The third kappa shape index (κ3) is 4.94. The van der Waals surface area contributed by atoms with E-state index >= 15 is 0 Å². The molecule has 1 amide bonds. The van der Waals surface area contributed by atoms with Gasteiger partial charge in [-0.05, 0) is 25.5 Å². The monoisotopic (exact) mass is 453 g/mol. The smallest absolute Gasteiger partial charge is 0.435 e. The first-order valence-electron chi connectivity index (χ1n) is 10.0. The van der Waals surface area contributed by atoms with Gasteiger partial charge in [0.1, 0.15) is 18.8 Å². The van der Waals surface area contributed by atoms with Crippen molar-refractivity contribution < 1.29 is 22.7 Å². The number of aryl methyl sites for hydroxylation is 1. The number of rotatable bonds is 6. The molecule has 0 unspecified atom stereocenters. The molecular weight excluding hydrogens is 427 g/mol. The van der Waals surface area contributed by atoms with E-state index in [4.69, 9.17) is 10.6 Å². The second-order valence-electron chi connectivity index (χ2n) is 7.51. The minimum absolute atomic E-state index is 0.0872. The van der Waals surface area contributed by atoms with Crippen LogP contribution in [0.5, 0.6) is 5.75 Å². The molecule has 1 aliphatic heterocycles. The Kier molecular flexibility index (Phi) is 6.90. The highest BCUT2D eigenvalue weighted by Crippen LogP contribution is 2.32. The molecule has 0 saturated carbocycles. The molecule has 0 bridgehead atoms. The van der Waals surface area contributed by atoms with Gasteiger partial charge in [-0.15, -0.1) is 0 Å². The molecule has 0 aliphatic carbocycles. The Balaban J connectivity index is 1.70. The van der Waals surface area contributed by atoms with E-state index in [1.807, 2.05) is 25.1 Å². The Bertz CT molecular complexity index is 996. The second kappa shape index (κ2) is 9.45.